The zero-order chi connectivity index (χ0) is 10.6. The van der Waals surface area contributed by atoms with Crippen molar-refractivity contribution in [2.45, 2.75) is 13.5 Å². The molecule has 1 aromatic heterocycles. The van der Waals surface area contributed by atoms with Gasteiger partial charge in [0.1, 0.15) is 0 Å². The molecule has 3 nitrogen and oxygen atoms in total. The first-order valence-corrected chi connectivity index (χ1v) is 5.39. The minimum absolute atomic E-state index is 0.124. The van der Waals surface area contributed by atoms with Gasteiger partial charge in [-0.2, -0.15) is 0 Å². The molecule has 0 fully saturated rings. The van der Waals surface area contributed by atoms with E-state index < -0.39 is 0 Å². The summed E-state index contributed by atoms with van der Waals surface area (Å²) in [6.45, 7) is 3.18. The van der Waals surface area contributed by atoms with Gasteiger partial charge in [0.05, 0.1) is 13.1 Å². The molecule has 78 valence electrons. The number of hydrogen-bond donors (Lipinski definition) is 1. The van der Waals surface area contributed by atoms with Crippen LogP contribution in [0, 0.1) is 6.92 Å². The second-order valence-electron chi connectivity index (χ2n) is 3.29. The Morgan fingerprint density at radius 3 is 2.79 bits per heavy atom. The van der Waals surface area contributed by atoms with Crippen molar-refractivity contribution in [3.05, 3.63) is 21.9 Å². The minimum atomic E-state index is 0.124. The van der Waals surface area contributed by atoms with E-state index in [1.165, 1.54) is 9.75 Å². The van der Waals surface area contributed by atoms with Crippen LogP contribution in [-0.2, 0) is 11.3 Å². The van der Waals surface area contributed by atoms with E-state index in [-0.39, 0.29) is 5.91 Å². The molecule has 0 saturated carbocycles. The molecule has 0 aliphatic rings. The van der Waals surface area contributed by atoms with Crippen LogP contribution in [0.4, 0.5) is 0 Å². The maximum atomic E-state index is 11.4. The van der Waals surface area contributed by atoms with Gasteiger partial charge in [-0.15, -0.1) is 11.3 Å². The van der Waals surface area contributed by atoms with Gasteiger partial charge in [0.15, 0.2) is 0 Å². The zero-order valence-electron chi connectivity index (χ0n) is 8.83. The molecule has 1 amide bonds. The zero-order valence-corrected chi connectivity index (χ0v) is 9.65. The average molecular weight is 212 g/mol. The first-order chi connectivity index (χ1) is 6.63. The SMILES string of the molecule is CNCC(=O)N(C)Cc1ccc(C)s1. The number of carbonyl (C=O) groups is 1. The lowest BCUT2D eigenvalue weighted by molar-refractivity contribution is -0.129. The van der Waals surface area contributed by atoms with Crippen LogP contribution in [0.3, 0.4) is 0 Å². The summed E-state index contributed by atoms with van der Waals surface area (Å²) >= 11 is 1.74. The maximum Gasteiger partial charge on any atom is 0.236 e. The minimum Gasteiger partial charge on any atom is -0.340 e. The predicted octanol–water partition coefficient (Wildman–Crippen LogP) is 1.23. The fourth-order valence-electron chi connectivity index (χ4n) is 1.18. The molecule has 0 saturated heterocycles. The molecule has 4 heteroatoms. The third kappa shape index (κ3) is 3.12. The van der Waals surface area contributed by atoms with Crippen LogP contribution >= 0.6 is 11.3 Å². The highest BCUT2D eigenvalue weighted by molar-refractivity contribution is 7.11. The van der Waals surface area contributed by atoms with Gasteiger partial charge in [0, 0.05) is 16.8 Å². The van der Waals surface area contributed by atoms with Crippen molar-refractivity contribution in [2.24, 2.45) is 0 Å². The molecule has 0 spiro atoms. The summed E-state index contributed by atoms with van der Waals surface area (Å²) in [4.78, 5) is 15.7. The van der Waals surface area contributed by atoms with E-state index in [9.17, 15) is 4.79 Å². The highest BCUT2D eigenvalue weighted by Crippen LogP contribution is 2.16. The van der Waals surface area contributed by atoms with Gasteiger partial charge in [-0.05, 0) is 26.1 Å². The van der Waals surface area contributed by atoms with Crippen molar-refractivity contribution in [3.8, 4) is 0 Å². The lowest BCUT2D eigenvalue weighted by Gasteiger charge is -2.15. The van der Waals surface area contributed by atoms with E-state index in [0.717, 1.165) is 0 Å². The predicted molar refractivity (Wildman–Crippen MR) is 59.5 cm³/mol. The summed E-state index contributed by atoms with van der Waals surface area (Å²) in [5, 5.41) is 2.85. The van der Waals surface area contributed by atoms with Crippen molar-refractivity contribution in [1.29, 1.82) is 0 Å². The van der Waals surface area contributed by atoms with Crippen LogP contribution in [0.2, 0.25) is 0 Å². The van der Waals surface area contributed by atoms with E-state index >= 15 is 0 Å². The number of hydrogen-bond acceptors (Lipinski definition) is 3. The van der Waals surface area contributed by atoms with E-state index in [0.29, 0.717) is 13.1 Å². The number of aryl methyl sites for hydroxylation is 1. The molecule has 0 aromatic carbocycles. The highest BCUT2D eigenvalue weighted by Gasteiger charge is 2.08. The standard InChI is InChI=1S/C10H16N2OS/c1-8-4-5-9(14-8)7-12(3)10(13)6-11-2/h4-5,11H,6-7H2,1-3H3. The smallest absolute Gasteiger partial charge is 0.236 e. The maximum absolute atomic E-state index is 11.4. The Balaban J connectivity index is 2.48. The Labute approximate surface area is 88.7 Å². The summed E-state index contributed by atoms with van der Waals surface area (Å²) in [6, 6.07) is 4.15. The number of carbonyl (C=O) groups excluding carboxylic acids is 1. The van der Waals surface area contributed by atoms with E-state index in [4.69, 9.17) is 0 Å². The average Bonchev–Trinajstić information content (AvgIpc) is 2.51. The lowest BCUT2D eigenvalue weighted by Crippen LogP contribution is -2.33. The Hall–Kier alpha value is -0.870. The van der Waals surface area contributed by atoms with E-state index in [1.807, 2.05) is 7.05 Å². The number of nitrogens with one attached hydrogen (secondary N) is 1. The Morgan fingerprint density at radius 1 is 1.57 bits per heavy atom. The molecule has 1 N–H and O–H groups in total. The molecule has 0 aliphatic carbocycles. The number of nitrogens with zero attached hydrogens (tertiary/aromatic N) is 1. The number of thiophene rings is 1. The third-order valence-corrected chi connectivity index (χ3v) is 2.93. The second kappa shape index (κ2) is 5.12. The van der Waals surface area contributed by atoms with Gasteiger partial charge in [-0.1, -0.05) is 0 Å². The number of amides is 1. The summed E-state index contributed by atoms with van der Waals surface area (Å²) < 4.78 is 0. The largest absolute Gasteiger partial charge is 0.340 e. The molecule has 0 bridgehead atoms. The van der Waals surface area contributed by atoms with Crippen molar-refractivity contribution in [3.63, 3.8) is 0 Å². The van der Waals surface area contributed by atoms with Crippen molar-refractivity contribution in [2.75, 3.05) is 20.6 Å². The van der Waals surface area contributed by atoms with Gasteiger partial charge in [0.2, 0.25) is 5.91 Å². The molecule has 1 aromatic rings. The fraction of sp³-hybridized carbons (Fsp3) is 0.500. The Morgan fingerprint density at radius 2 is 2.29 bits per heavy atom. The Bertz CT molecular complexity index is 309. The monoisotopic (exact) mass is 212 g/mol. The normalized spacial score (nSPS) is 10.2. The Kier molecular flexibility index (Phi) is 4.10. The molecule has 0 atom stereocenters. The first kappa shape index (κ1) is 11.2. The van der Waals surface area contributed by atoms with Crippen LogP contribution in [0.1, 0.15) is 9.75 Å². The molecular weight excluding hydrogens is 196 g/mol. The van der Waals surface area contributed by atoms with Crippen LogP contribution in [0.25, 0.3) is 0 Å². The van der Waals surface area contributed by atoms with Crippen molar-refractivity contribution >= 4 is 17.2 Å². The third-order valence-electron chi connectivity index (χ3n) is 1.94. The van der Waals surface area contributed by atoms with Crippen LogP contribution in [-0.4, -0.2) is 31.4 Å². The van der Waals surface area contributed by atoms with E-state index in [2.05, 4.69) is 24.4 Å². The van der Waals surface area contributed by atoms with Gasteiger partial charge < -0.3 is 10.2 Å². The lowest BCUT2D eigenvalue weighted by atomic mass is 10.4. The fourth-order valence-corrected chi connectivity index (χ4v) is 2.12. The van der Waals surface area contributed by atoms with Crippen LogP contribution in [0.15, 0.2) is 12.1 Å². The molecule has 14 heavy (non-hydrogen) atoms. The second-order valence-corrected chi connectivity index (χ2v) is 4.66. The number of rotatable bonds is 4. The molecule has 1 heterocycles. The van der Waals surface area contributed by atoms with Gasteiger partial charge >= 0.3 is 0 Å². The summed E-state index contributed by atoms with van der Waals surface area (Å²) in [6.07, 6.45) is 0. The molecule has 0 radical (unpaired) electrons. The molecule has 0 aliphatic heterocycles. The number of likely N-dealkylation sites (N-methyl/N-ethyl adjacent to an activating group) is 2. The van der Waals surface area contributed by atoms with Crippen molar-refractivity contribution in [1.82, 2.24) is 10.2 Å². The first-order valence-electron chi connectivity index (χ1n) is 4.57. The van der Waals surface area contributed by atoms with Gasteiger partial charge in [-0.25, -0.2) is 0 Å². The van der Waals surface area contributed by atoms with Crippen LogP contribution in [0.5, 0.6) is 0 Å². The van der Waals surface area contributed by atoms with Crippen LogP contribution < -0.4 is 5.32 Å². The summed E-state index contributed by atoms with van der Waals surface area (Å²) in [5.41, 5.74) is 0. The topological polar surface area (TPSA) is 32.3 Å². The van der Waals surface area contributed by atoms with Gasteiger partial charge in [0.25, 0.3) is 0 Å². The molecule has 1 rings (SSSR count). The quantitative estimate of drug-likeness (QED) is 0.814. The highest BCUT2D eigenvalue weighted by atomic mass is 32.1. The van der Waals surface area contributed by atoms with E-state index in [1.54, 1.807) is 23.3 Å². The summed E-state index contributed by atoms with van der Waals surface area (Å²) in [5.74, 6) is 0.124. The molecular formula is C10H16N2OS. The van der Waals surface area contributed by atoms with Crippen molar-refractivity contribution < 1.29 is 4.79 Å². The van der Waals surface area contributed by atoms with Gasteiger partial charge in [-0.3, -0.25) is 4.79 Å². The molecule has 0 unspecified atom stereocenters. The summed E-state index contributed by atoms with van der Waals surface area (Å²) in [7, 11) is 3.61.